The fourth-order valence-corrected chi connectivity index (χ4v) is 3.75. The van der Waals surface area contributed by atoms with Gasteiger partial charge in [0.15, 0.2) is 0 Å². The van der Waals surface area contributed by atoms with Crippen molar-refractivity contribution in [2.24, 2.45) is 5.92 Å². The molecule has 2 aliphatic rings. The van der Waals surface area contributed by atoms with Gasteiger partial charge in [-0.2, -0.15) is 0 Å². The minimum atomic E-state index is -0.112. The maximum absolute atomic E-state index is 12.3. The van der Waals surface area contributed by atoms with E-state index >= 15 is 0 Å². The van der Waals surface area contributed by atoms with Gasteiger partial charge in [-0.3, -0.25) is 14.6 Å². The Kier molecular flexibility index (Phi) is 4.94. The van der Waals surface area contributed by atoms with E-state index < -0.39 is 0 Å². The quantitative estimate of drug-likeness (QED) is 0.836. The molecule has 7 heteroatoms. The van der Waals surface area contributed by atoms with Crippen LogP contribution in [0, 0.1) is 5.92 Å². The van der Waals surface area contributed by atoms with Crippen LogP contribution in [0.3, 0.4) is 0 Å². The van der Waals surface area contributed by atoms with Crippen molar-refractivity contribution in [3.63, 3.8) is 0 Å². The Morgan fingerprint density at radius 2 is 2.41 bits per heavy atom. The maximum atomic E-state index is 12.3. The molecule has 2 aliphatic heterocycles. The van der Waals surface area contributed by atoms with Crippen LogP contribution in [-0.2, 0) is 4.79 Å². The molecule has 1 aromatic heterocycles. The Hall–Kier alpha value is -1.60. The molecule has 0 saturated carbocycles. The van der Waals surface area contributed by atoms with E-state index in [1.807, 2.05) is 4.90 Å². The summed E-state index contributed by atoms with van der Waals surface area (Å²) in [7, 11) is 0. The third-order valence-electron chi connectivity index (χ3n) is 4.06. The average Bonchev–Trinajstić information content (AvgIpc) is 3.24. The van der Waals surface area contributed by atoms with Gasteiger partial charge >= 0.3 is 0 Å². The average molecular weight is 320 g/mol. The number of aromatic nitrogens is 1. The minimum Gasteiger partial charge on any atom is -0.352 e. The molecule has 0 radical (unpaired) electrons. The third-order valence-corrected chi connectivity index (χ3v) is 5.02. The molecule has 2 amide bonds. The minimum absolute atomic E-state index is 0.0982. The molecule has 3 heterocycles. The van der Waals surface area contributed by atoms with Crippen LogP contribution in [0.5, 0.6) is 0 Å². The largest absolute Gasteiger partial charge is 0.352 e. The number of amides is 2. The van der Waals surface area contributed by atoms with Gasteiger partial charge in [0.05, 0.1) is 17.5 Å². The summed E-state index contributed by atoms with van der Waals surface area (Å²) in [5.41, 5.74) is 0.565. The van der Waals surface area contributed by atoms with Gasteiger partial charge in [0, 0.05) is 37.8 Å². The van der Waals surface area contributed by atoms with E-state index in [1.54, 1.807) is 36.3 Å². The zero-order chi connectivity index (χ0) is 15.4. The Morgan fingerprint density at radius 1 is 1.50 bits per heavy atom. The summed E-state index contributed by atoms with van der Waals surface area (Å²) in [6.07, 6.45) is 3.98. The first-order valence-electron chi connectivity index (χ1n) is 7.52. The van der Waals surface area contributed by atoms with Gasteiger partial charge in [-0.25, -0.2) is 0 Å². The number of hydrogen-bond donors (Lipinski definition) is 2. The van der Waals surface area contributed by atoms with Crippen molar-refractivity contribution in [2.75, 3.05) is 31.3 Å². The lowest BCUT2D eigenvalue weighted by molar-refractivity contribution is -0.131. The highest BCUT2D eigenvalue weighted by Crippen LogP contribution is 2.19. The van der Waals surface area contributed by atoms with Gasteiger partial charge in [0.1, 0.15) is 0 Å². The number of thioether (sulfide) groups is 1. The molecule has 2 saturated heterocycles. The topological polar surface area (TPSA) is 74.3 Å². The van der Waals surface area contributed by atoms with Crippen LogP contribution in [0.4, 0.5) is 0 Å². The number of carbonyl (C=O) groups excluding carboxylic acids is 2. The zero-order valence-electron chi connectivity index (χ0n) is 12.3. The number of rotatable bonds is 4. The van der Waals surface area contributed by atoms with Crippen LogP contribution in [0.2, 0.25) is 0 Å². The molecule has 3 rings (SSSR count). The standard InChI is InChI=1S/C15H20N4O2S/c20-14(12-2-1-3-16-9-12)18-8-11-6-13(17-7-11)15(21)19-4-5-22-10-19/h1-3,9,11,13,17H,4-8,10H2,(H,18,20). The second kappa shape index (κ2) is 7.11. The van der Waals surface area contributed by atoms with Crippen LogP contribution in [-0.4, -0.2) is 59.0 Å². The second-order valence-electron chi connectivity index (χ2n) is 5.65. The van der Waals surface area contributed by atoms with E-state index in [0.717, 1.165) is 31.1 Å². The van der Waals surface area contributed by atoms with Gasteiger partial charge in [-0.15, -0.1) is 11.8 Å². The molecular formula is C15H20N4O2S. The van der Waals surface area contributed by atoms with Crippen molar-refractivity contribution in [2.45, 2.75) is 12.5 Å². The smallest absolute Gasteiger partial charge is 0.252 e. The number of pyridine rings is 1. The lowest BCUT2D eigenvalue weighted by atomic mass is 10.0. The summed E-state index contributed by atoms with van der Waals surface area (Å²) in [5, 5.41) is 6.20. The summed E-state index contributed by atoms with van der Waals surface area (Å²) in [5.74, 6) is 2.22. The van der Waals surface area contributed by atoms with Crippen molar-refractivity contribution >= 4 is 23.6 Å². The first-order chi connectivity index (χ1) is 10.7. The van der Waals surface area contributed by atoms with Crippen molar-refractivity contribution in [1.29, 1.82) is 0 Å². The lowest BCUT2D eigenvalue weighted by Gasteiger charge is -2.19. The maximum Gasteiger partial charge on any atom is 0.252 e. The van der Waals surface area contributed by atoms with Crippen LogP contribution < -0.4 is 10.6 Å². The van der Waals surface area contributed by atoms with Gasteiger partial charge in [-0.1, -0.05) is 0 Å². The van der Waals surface area contributed by atoms with Gasteiger partial charge in [-0.05, 0) is 24.5 Å². The number of nitrogens with one attached hydrogen (secondary N) is 2. The summed E-state index contributed by atoms with van der Waals surface area (Å²) in [4.78, 5) is 30.1. The van der Waals surface area contributed by atoms with Crippen molar-refractivity contribution in [1.82, 2.24) is 20.5 Å². The van der Waals surface area contributed by atoms with E-state index in [9.17, 15) is 9.59 Å². The van der Waals surface area contributed by atoms with Crippen LogP contribution in [0.15, 0.2) is 24.5 Å². The molecule has 0 bridgehead atoms. The van der Waals surface area contributed by atoms with Crippen molar-refractivity contribution < 1.29 is 9.59 Å². The molecule has 2 unspecified atom stereocenters. The zero-order valence-corrected chi connectivity index (χ0v) is 13.1. The first kappa shape index (κ1) is 15.3. The Morgan fingerprint density at radius 3 is 3.14 bits per heavy atom. The molecule has 2 atom stereocenters. The molecular weight excluding hydrogens is 300 g/mol. The number of carbonyl (C=O) groups is 2. The second-order valence-corrected chi connectivity index (χ2v) is 6.73. The van der Waals surface area contributed by atoms with Gasteiger partial charge in [0.25, 0.3) is 5.91 Å². The lowest BCUT2D eigenvalue weighted by Crippen LogP contribution is -2.42. The van der Waals surface area contributed by atoms with E-state index in [4.69, 9.17) is 0 Å². The van der Waals surface area contributed by atoms with Crippen LogP contribution in [0.25, 0.3) is 0 Å². The first-order valence-corrected chi connectivity index (χ1v) is 8.67. The van der Waals surface area contributed by atoms with E-state index in [-0.39, 0.29) is 17.9 Å². The highest BCUT2D eigenvalue weighted by Gasteiger charge is 2.33. The van der Waals surface area contributed by atoms with Gasteiger partial charge < -0.3 is 15.5 Å². The fraction of sp³-hybridized carbons (Fsp3) is 0.533. The molecule has 2 fully saturated rings. The fourth-order valence-electron chi connectivity index (χ4n) is 2.80. The summed E-state index contributed by atoms with van der Waals surface area (Å²) in [6, 6.07) is 3.39. The van der Waals surface area contributed by atoms with E-state index in [0.29, 0.717) is 18.0 Å². The number of hydrogen-bond acceptors (Lipinski definition) is 5. The predicted octanol–water partition coefficient (Wildman–Crippen LogP) is 0.322. The SMILES string of the molecule is O=C(NCC1CNC(C(=O)N2CCSC2)C1)c1cccnc1. The summed E-state index contributed by atoms with van der Waals surface area (Å²) in [6.45, 7) is 2.20. The molecule has 1 aromatic rings. The number of nitrogens with zero attached hydrogens (tertiary/aromatic N) is 2. The molecule has 6 nitrogen and oxygen atoms in total. The van der Waals surface area contributed by atoms with E-state index in [1.165, 1.54) is 0 Å². The monoisotopic (exact) mass is 320 g/mol. The molecule has 0 aromatic carbocycles. The van der Waals surface area contributed by atoms with Crippen LogP contribution in [0.1, 0.15) is 16.8 Å². The molecule has 22 heavy (non-hydrogen) atoms. The summed E-state index contributed by atoms with van der Waals surface area (Å²) >= 11 is 1.80. The van der Waals surface area contributed by atoms with E-state index in [2.05, 4.69) is 15.6 Å². The molecule has 0 spiro atoms. The van der Waals surface area contributed by atoms with Crippen molar-refractivity contribution in [3.8, 4) is 0 Å². The summed E-state index contributed by atoms with van der Waals surface area (Å²) < 4.78 is 0. The van der Waals surface area contributed by atoms with Gasteiger partial charge in [0.2, 0.25) is 5.91 Å². The highest BCUT2D eigenvalue weighted by molar-refractivity contribution is 7.99. The highest BCUT2D eigenvalue weighted by atomic mass is 32.2. The Bertz CT molecular complexity index is 534. The van der Waals surface area contributed by atoms with Crippen LogP contribution >= 0.6 is 11.8 Å². The predicted molar refractivity (Wildman–Crippen MR) is 85.5 cm³/mol. The Balaban J connectivity index is 1.45. The molecule has 2 N–H and O–H groups in total. The molecule has 118 valence electrons. The normalized spacial score (nSPS) is 24.5. The molecule has 0 aliphatic carbocycles. The Labute approximate surface area is 134 Å². The van der Waals surface area contributed by atoms with Crippen molar-refractivity contribution in [3.05, 3.63) is 30.1 Å². The third kappa shape index (κ3) is 3.59.